The molecule has 20 heavy (non-hydrogen) atoms. The van der Waals surface area contributed by atoms with Crippen molar-refractivity contribution < 1.29 is 13.2 Å². The Morgan fingerprint density at radius 2 is 1.75 bits per heavy atom. The third-order valence-corrected chi connectivity index (χ3v) is 2.89. The molecular weight excluding hydrogens is 295 g/mol. The average molecular weight is 303 g/mol. The van der Waals surface area contributed by atoms with Crippen LogP contribution in [0.25, 0.3) is 0 Å². The van der Waals surface area contributed by atoms with Crippen LogP contribution in [0.4, 0.5) is 24.8 Å². The lowest BCUT2D eigenvalue weighted by molar-refractivity contribution is -0.137. The first kappa shape index (κ1) is 14.2. The van der Waals surface area contributed by atoms with E-state index in [0.29, 0.717) is 0 Å². The quantitative estimate of drug-likeness (QED) is 0.725. The van der Waals surface area contributed by atoms with E-state index in [1.165, 1.54) is 0 Å². The van der Waals surface area contributed by atoms with E-state index in [2.05, 4.69) is 15.0 Å². The first-order valence-electron chi connectivity index (χ1n) is 5.13. The van der Waals surface area contributed by atoms with Crippen LogP contribution < -0.4 is 17.0 Å². The summed E-state index contributed by atoms with van der Waals surface area (Å²) in [5.41, 5.74) is 9.26. The van der Waals surface area contributed by atoms with Gasteiger partial charge in [-0.05, 0) is 23.9 Å². The summed E-state index contributed by atoms with van der Waals surface area (Å²) in [6, 6.07) is 2.59. The molecule has 0 aliphatic heterocycles. The number of rotatable bonds is 2. The van der Waals surface area contributed by atoms with E-state index in [9.17, 15) is 18.0 Å². The van der Waals surface area contributed by atoms with Crippen LogP contribution >= 0.6 is 11.8 Å². The van der Waals surface area contributed by atoms with Crippen LogP contribution in [0.5, 0.6) is 0 Å². The first-order chi connectivity index (χ1) is 9.24. The summed E-state index contributed by atoms with van der Waals surface area (Å²) in [6.07, 6.45) is -4.54. The molecule has 0 aromatic carbocycles. The van der Waals surface area contributed by atoms with Gasteiger partial charge in [-0.25, -0.2) is 9.97 Å². The van der Waals surface area contributed by atoms with Gasteiger partial charge in [0, 0.05) is 6.07 Å². The molecule has 2 aromatic heterocycles. The molecule has 106 valence electrons. The summed E-state index contributed by atoms with van der Waals surface area (Å²) in [6.45, 7) is 0. The van der Waals surface area contributed by atoms with Crippen molar-refractivity contribution in [2.24, 2.45) is 0 Å². The maximum atomic E-state index is 12.6. The van der Waals surface area contributed by atoms with Crippen molar-refractivity contribution in [3.63, 3.8) is 0 Å². The Morgan fingerprint density at radius 1 is 1.10 bits per heavy atom. The SMILES string of the molecule is Nc1cc(C(F)(F)F)cc(Sc2nc(N)cc(=O)[nH]2)n1. The van der Waals surface area contributed by atoms with E-state index >= 15 is 0 Å². The lowest BCUT2D eigenvalue weighted by Crippen LogP contribution is -2.10. The van der Waals surface area contributed by atoms with Gasteiger partial charge in [0.25, 0.3) is 5.56 Å². The third-order valence-electron chi connectivity index (χ3n) is 2.09. The van der Waals surface area contributed by atoms with E-state index in [4.69, 9.17) is 11.5 Å². The summed E-state index contributed by atoms with van der Waals surface area (Å²) >= 11 is 0.723. The summed E-state index contributed by atoms with van der Waals surface area (Å²) < 4.78 is 37.9. The van der Waals surface area contributed by atoms with E-state index in [1.54, 1.807) is 0 Å². The predicted molar refractivity (Wildman–Crippen MR) is 67.0 cm³/mol. The lowest BCUT2D eigenvalue weighted by atomic mass is 10.2. The zero-order chi connectivity index (χ0) is 14.9. The minimum atomic E-state index is -4.54. The summed E-state index contributed by atoms with van der Waals surface area (Å²) in [5.74, 6) is -0.329. The fourth-order valence-corrected chi connectivity index (χ4v) is 2.18. The summed E-state index contributed by atoms with van der Waals surface area (Å²) in [4.78, 5) is 21.0. The van der Waals surface area contributed by atoms with Crippen molar-refractivity contribution in [3.8, 4) is 0 Å². The minimum absolute atomic E-state index is 0.0289. The Balaban J connectivity index is 2.38. The highest BCUT2D eigenvalue weighted by Gasteiger charge is 2.31. The number of alkyl halides is 3. The molecule has 0 aliphatic rings. The number of aromatic nitrogens is 3. The van der Waals surface area contributed by atoms with Crippen molar-refractivity contribution in [1.82, 2.24) is 15.0 Å². The van der Waals surface area contributed by atoms with Crippen LogP contribution in [0.2, 0.25) is 0 Å². The number of nitrogens with two attached hydrogens (primary N) is 2. The molecular formula is C10H8F3N5OS. The fraction of sp³-hybridized carbons (Fsp3) is 0.100. The molecule has 6 nitrogen and oxygen atoms in total. The van der Waals surface area contributed by atoms with Crippen LogP contribution in [0, 0.1) is 0 Å². The number of hydrogen-bond acceptors (Lipinski definition) is 6. The van der Waals surface area contributed by atoms with Gasteiger partial charge in [-0.1, -0.05) is 0 Å². The summed E-state index contributed by atoms with van der Waals surface area (Å²) in [5, 5.41) is -0.0210. The van der Waals surface area contributed by atoms with Gasteiger partial charge >= 0.3 is 6.18 Å². The Kier molecular flexibility index (Phi) is 3.57. The number of halogens is 3. The van der Waals surface area contributed by atoms with E-state index in [1.807, 2.05) is 0 Å². The first-order valence-corrected chi connectivity index (χ1v) is 5.95. The molecule has 0 saturated carbocycles. The molecule has 0 fully saturated rings. The lowest BCUT2D eigenvalue weighted by Gasteiger charge is -2.09. The van der Waals surface area contributed by atoms with Crippen LogP contribution in [-0.4, -0.2) is 15.0 Å². The molecule has 5 N–H and O–H groups in total. The molecule has 0 radical (unpaired) electrons. The number of aromatic amines is 1. The van der Waals surface area contributed by atoms with Gasteiger partial charge in [-0.2, -0.15) is 13.2 Å². The van der Waals surface area contributed by atoms with Gasteiger partial charge in [-0.3, -0.25) is 4.79 Å². The zero-order valence-corrected chi connectivity index (χ0v) is 10.5. The van der Waals surface area contributed by atoms with Gasteiger partial charge in [0.1, 0.15) is 16.7 Å². The van der Waals surface area contributed by atoms with Gasteiger partial charge in [-0.15, -0.1) is 0 Å². The van der Waals surface area contributed by atoms with E-state index < -0.39 is 17.3 Å². The number of nitrogens with zero attached hydrogens (tertiary/aromatic N) is 2. The number of H-pyrrole nitrogens is 1. The van der Waals surface area contributed by atoms with E-state index in [0.717, 1.165) is 30.0 Å². The predicted octanol–water partition coefficient (Wildman–Crippen LogP) is 1.50. The van der Waals surface area contributed by atoms with Crippen LogP contribution in [0.1, 0.15) is 5.56 Å². The van der Waals surface area contributed by atoms with Crippen LogP contribution in [0.15, 0.2) is 33.2 Å². The Morgan fingerprint density at radius 3 is 2.35 bits per heavy atom. The fourth-order valence-electron chi connectivity index (χ4n) is 1.34. The van der Waals surface area contributed by atoms with Crippen molar-refractivity contribution in [2.45, 2.75) is 16.4 Å². The number of anilines is 2. The second-order valence-electron chi connectivity index (χ2n) is 3.69. The highest BCUT2D eigenvalue weighted by Crippen LogP contribution is 2.33. The molecule has 0 bridgehead atoms. The minimum Gasteiger partial charge on any atom is -0.384 e. The molecule has 10 heteroatoms. The number of nitrogens with one attached hydrogen (secondary N) is 1. The number of pyridine rings is 1. The monoisotopic (exact) mass is 303 g/mol. The summed E-state index contributed by atoms with van der Waals surface area (Å²) in [7, 11) is 0. The van der Waals surface area contributed by atoms with Crippen molar-refractivity contribution in [1.29, 1.82) is 0 Å². The maximum Gasteiger partial charge on any atom is 0.416 e. The topological polar surface area (TPSA) is 111 Å². The van der Waals surface area contributed by atoms with Crippen molar-refractivity contribution in [3.05, 3.63) is 34.1 Å². The maximum absolute atomic E-state index is 12.6. The van der Waals surface area contributed by atoms with Gasteiger partial charge in [0.05, 0.1) is 5.56 Å². The Bertz CT molecular complexity index is 700. The second kappa shape index (κ2) is 5.04. The molecule has 0 unspecified atom stereocenters. The van der Waals surface area contributed by atoms with Crippen LogP contribution in [-0.2, 0) is 6.18 Å². The molecule has 0 amide bonds. The molecule has 0 spiro atoms. The van der Waals surface area contributed by atoms with Crippen molar-refractivity contribution in [2.75, 3.05) is 11.5 Å². The number of hydrogen-bond donors (Lipinski definition) is 3. The second-order valence-corrected chi connectivity index (χ2v) is 4.70. The smallest absolute Gasteiger partial charge is 0.384 e. The molecule has 2 heterocycles. The molecule has 2 aromatic rings. The van der Waals surface area contributed by atoms with Gasteiger partial charge in [0.2, 0.25) is 0 Å². The van der Waals surface area contributed by atoms with Crippen LogP contribution in [0.3, 0.4) is 0 Å². The molecule has 0 aliphatic carbocycles. The molecule has 0 saturated heterocycles. The third kappa shape index (κ3) is 3.41. The van der Waals surface area contributed by atoms with E-state index in [-0.39, 0.29) is 21.8 Å². The number of nitrogen functional groups attached to an aromatic ring is 2. The average Bonchev–Trinajstić information content (AvgIpc) is 2.25. The Labute approximate surface area is 114 Å². The zero-order valence-electron chi connectivity index (χ0n) is 9.73. The normalized spacial score (nSPS) is 11.6. The van der Waals surface area contributed by atoms with Gasteiger partial charge in [0.15, 0.2) is 5.16 Å². The highest BCUT2D eigenvalue weighted by molar-refractivity contribution is 7.99. The Hall–Kier alpha value is -2.23. The molecule has 0 atom stereocenters. The largest absolute Gasteiger partial charge is 0.416 e. The molecule has 2 rings (SSSR count). The highest BCUT2D eigenvalue weighted by atomic mass is 32.2. The van der Waals surface area contributed by atoms with Crippen molar-refractivity contribution >= 4 is 23.4 Å². The standard InChI is InChI=1S/C10H8F3N5OS/c11-10(12,13)4-1-5(14)16-8(2-4)20-9-17-6(15)3-7(19)18-9/h1-3H,(H2,14,16)(H3,15,17,18,19). The van der Waals surface area contributed by atoms with Gasteiger partial charge < -0.3 is 16.5 Å².